The van der Waals surface area contributed by atoms with E-state index in [0.29, 0.717) is 19.5 Å². The summed E-state index contributed by atoms with van der Waals surface area (Å²) in [5.74, 6) is -0.211. The number of nitrogens with one attached hydrogen (secondary N) is 1. The molecule has 2 aromatic rings. The van der Waals surface area contributed by atoms with Crippen LogP contribution in [0.15, 0.2) is 70.2 Å². The molecule has 34 heavy (non-hydrogen) atoms. The lowest BCUT2D eigenvalue weighted by Crippen LogP contribution is -2.47. The number of rotatable bonds is 7. The summed E-state index contributed by atoms with van der Waals surface area (Å²) >= 11 is 1.25. The van der Waals surface area contributed by atoms with Crippen molar-refractivity contribution in [3.8, 4) is 0 Å². The van der Waals surface area contributed by atoms with Crippen LogP contribution in [0.3, 0.4) is 0 Å². The fourth-order valence-corrected chi connectivity index (χ4v) is 5.66. The molecule has 2 N–H and O–H groups in total. The molecule has 0 aromatic heterocycles. The number of benzene rings is 2. The number of cyclic esters (lactones) is 1. The van der Waals surface area contributed by atoms with E-state index in [1.807, 2.05) is 59.5 Å². The normalized spacial score (nSPS) is 21.0. The first-order valence-corrected chi connectivity index (χ1v) is 12.7. The van der Waals surface area contributed by atoms with E-state index < -0.39 is 11.6 Å². The molecule has 0 saturated carbocycles. The van der Waals surface area contributed by atoms with E-state index in [0.717, 1.165) is 29.1 Å². The van der Waals surface area contributed by atoms with E-state index in [4.69, 9.17) is 4.74 Å². The first-order chi connectivity index (χ1) is 16.4. The maximum atomic E-state index is 13.3. The number of hydrogen-bond acceptors (Lipinski definition) is 6. The third-order valence-corrected chi connectivity index (χ3v) is 7.65. The summed E-state index contributed by atoms with van der Waals surface area (Å²) in [5, 5.41) is 14.3. The van der Waals surface area contributed by atoms with Gasteiger partial charge in [-0.25, -0.2) is 4.79 Å². The Kier molecular flexibility index (Phi) is 7.63. The van der Waals surface area contributed by atoms with Crippen LogP contribution in [-0.4, -0.2) is 48.1 Å². The second kappa shape index (κ2) is 10.7. The molecule has 1 fully saturated rings. The Balaban J connectivity index is 1.60. The summed E-state index contributed by atoms with van der Waals surface area (Å²) in [5.41, 5.74) is 0.824. The van der Waals surface area contributed by atoms with Crippen LogP contribution in [0.2, 0.25) is 0 Å². The molecule has 0 bridgehead atoms. The highest BCUT2D eigenvalue weighted by Gasteiger charge is 2.44. The molecule has 1 unspecified atom stereocenters. The molecular weight excluding hydrogens is 448 g/mol. The molecule has 180 valence electrons. The van der Waals surface area contributed by atoms with Gasteiger partial charge in [-0.2, -0.15) is 0 Å². The lowest BCUT2D eigenvalue weighted by atomic mass is 9.83. The van der Waals surface area contributed by atoms with E-state index in [1.165, 1.54) is 11.8 Å². The zero-order valence-electron chi connectivity index (χ0n) is 19.8. The van der Waals surface area contributed by atoms with Gasteiger partial charge in [-0.15, -0.1) is 0 Å². The number of esters is 1. The van der Waals surface area contributed by atoms with Crippen LogP contribution in [0.25, 0.3) is 0 Å². The molecule has 2 aliphatic heterocycles. The standard InChI is InChI=1S/C27H32N2O4S/c1-19(2)21-10-6-7-11-23(21)34-25-22(30)18-27(33-26(25)32,20-8-4-3-5-9-20)13-12-24(31)29-16-14-28-15-17-29/h3-11,19,28,30H,12-18H2,1-2H3. The molecule has 1 amide bonds. The molecule has 2 aromatic carbocycles. The largest absolute Gasteiger partial charge is 0.511 e. The van der Waals surface area contributed by atoms with E-state index in [9.17, 15) is 14.7 Å². The van der Waals surface area contributed by atoms with Crippen LogP contribution in [-0.2, 0) is 19.9 Å². The number of carbonyl (C=O) groups is 2. The zero-order valence-corrected chi connectivity index (χ0v) is 20.6. The number of aliphatic hydroxyl groups excluding tert-OH is 1. The number of aliphatic hydroxyl groups is 1. The van der Waals surface area contributed by atoms with Gasteiger partial charge in [0, 0.05) is 43.9 Å². The molecule has 0 spiro atoms. The molecule has 2 heterocycles. The Morgan fingerprint density at radius 1 is 1.12 bits per heavy atom. The summed E-state index contributed by atoms with van der Waals surface area (Å²) in [6, 6.07) is 17.3. The summed E-state index contributed by atoms with van der Waals surface area (Å²) in [6.07, 6.45) is 0.702. The van der Waals surface area contributed by atoms with Gasteiger partial charge < -0.3 is 20.1 Å². The van der Waals surface area contributed by atoms with Crippen molar-refractivity contribution in [2.45, 2.75) is 49.5 Å². The molecule has 4 rings (SSSR count). The Morgan fingerprint density at radius 2 is 1.79 bits per heavy atom. The van der Waals surface area contributed by atoms with Crippen molar-refractivity contribution in [1.82, 2.24) is 10.2 Å². The number of hydrogen-bond donors (Lipinski definition) is 2. The van der Waals surface area contributed by atoms with Crippen LogP contribution in [0.1, 0.15) is 50.2 Å². The molecule has 1 atom stereocenters. The second-order valence-electron chi connectivity index (χ2n) is 9.13. The highest BCUT2D eigenvalue weighted by molar-refractivity contribution is 8.04. The maximum absolute atomic E-state index is 13.3. The van der Waals surface area contributed by atoms with Crippen LogP contribution < -0.4 is 5.32 Å². The lowest BCUT2D eigenvalue weighted by molar-refractivity contribution is -0.161. The number of thioether (sulfide) groups is 1. The Labute approximate surface area is 205 Å². The number of amides is 1. The van der Waals surface area contributed by atoms with Gasteiger partial charge in [-0.3, -0.25) is 4.79 Å². The zero-order chi connectivity index (χ0) is 24.1. The van der Waals surface area contributed by atoms with Crippen LogP contribution in [0.4, 0.5) is 0 Å². The van der Waals surface area contributed by atoms with Crippen molar-refractivity contribution >= 4 is 23.6 Å². The first-order valence-electron chi connectivity index (χ1n) is 11.9. The topological polar surface area (TPSA) is 78.9 Å². The predicted molar refractivity (Wildman–Crippen MR) is 134 cm³/mol. The van der Waals surface area contributed by atoms with Gasteiger partial charge in [0.05, 0.1) is 6.42 Å². The van der Waals surface area contributed by atoms with Crippen LogP contribution >= 0.6 is 11.8 Å². The van der Waals surface area contributed by atoms with Gasteiger partial charge in [0.2, 0.25) is 5.91 Å². The summed E-state index contributed by atoms with van der Waals surface area (Å²) in [6.45, 7) is 7.13. The van der Waals surface area contributed by atoms with Gasteiger partial charge in [0.1, 0.15) is 16.3 Å². The monoisotopic (exact) mass is 480 g/mol. The number of carbonyl (C=O) groups excluding carboxylic acids is 2. The number of piperazine rings is 1. The van der Waals surface area contributed by atoms with Crippen molar-refractivity contribution in [2.24, 2.45) is 0 Å². The van der Waals surface area contributed by atoms with Gasteiger partial charge in [-0.1, -0.05) is 74.1 Å². The minimum Gasteiger partial charge on any atom is -0.511 e. The van der Waals surface area contributed by atoms with Crippen molar-refractivity contribution in [1.29, 1.82) is 0 Å². The van der Waals surface area contributed by atoms with Gasteiger partial charge in [-0.05, 0) is 23.1 Å². The minimum absolute atomic E-state index is 0.0123. The maximum Gasteiger partial charge on any atom is 0.349 e. The third kappa shape index (κ3) is 5.31. The van der Waals surface area contributed by atoms with Crippen molar-refractivity contribution in [3.05, 3.63) is 76.4 Å². The molecule has 1 saturated heterocycles. The molecular formula is C27H32N2O4S. The highest BCUT2D eigenvalue weighted by Crippen LogP contribution is 2.46. The molecule has 0 radical (unpaired) electrons. The second-order valence-corrected chi connectivity index (χ2v) is 10.2. The van der Waals surface area contributed by atoms with E-state index in [-0.39, 0.29) is 35.3 Å². The fourth-order valence-electron chi connectivity index (χ4n) is 4.56. The molecule has 2 aliphatic rings. The van der Waals surface area contributed by atoms with Crippen LogP contribution in [0, 0.1) is 0 Å². The fraction of sp³-hybridized carbons (Fsp3) is 0.407. The smallest absolute Gasteiger partial charge is 0.349 e. The van der Waals surface area contributed by atoms with Crippen molar-refractivity contribution in [3.63, 3.8) is 0 Å². The minimum atomic E-state index is -1.08. The number of ether oxygens (including phenoxy) is 1. The molecule has 6 nitrogen and oxygen atoms in total. The van der Waals surface area contributed by atoms with Crippen LogP contribution in [0.5, 0.6) is 0 Å². The average molecular weight is 481 g/mol. The van der Waals surface area contributed by atoms with E-state index >= 15 is 0 Å². The Bertz CT molecular complexity index is 1060. The Morgan fingerprint density at radius 3 is 2.47 bits per heavy atom. The highest BCUT2D eigenvalue weighted by atomic mass is 32.2. The van der Waals surface area contributed by atoms with E-state index in [1.54, 1.807) is 0 Å². The van der Waals surface area contributed by atoms with Gasteiger partial charge in [0.25, 0.3) is 0 Å². The molecule has 7 heteroatoms. The van der Waals surface area contributed by atoms with Crippen molar-refractivity contribution in [2.75, 3.05) is 26.2 Å². The van der Waals surface area contributed by atoms with Crippen molar-refractivity contribution < 1.29 is 19.4 Å². The first kappa shape index (κ1) is 24.4. The third-order valence-electron chi connectivity index (χ3n) is 6.45. The average Bonchev–Trinajstić information content (AvgIpc) is 2.86. The SMILES string of the molecule is CC(C)c1ccccc1SC1=C(O)CC(CCC(=O)N2CCNCC2)(c2ccccc2)OC1=O. The summed E-state index contributed by atoms with van der Waals surface area (Å²) < 4.78 is 6.09. The predicted octanol–water partition coefficient (Wildman–Crippen LogP) is 4.73. The summed E-state index contributed by atoms with van der Waals surface area (Å²) in [7, 11) is 0. The van der Waals surface area contributed by atoms with Gasteiger partial charge in [0.15, 0.2) is 0 Å². The molecule has 0 aliphatic carbocycles. The van der Waals surface area contributed by atoms with E-state index in [2.05, 4.69) is 19.2 Å². The Hall–Kier alpha value is -2.77. The van der Waals surface area contributed by atoms with Gasteiger partial charge >= 0.3 is 5.97 Å². The lowest BCUT2D eigenvalue weighted by Gasteiger charge is -2.38. The summed E-state index contributed by atoms with van der Waals surface area (Å²) in [4.78, 5) is 29.1. The number of nitrogens with zero attached hydrogens (tertiary/aromatic N) is 1. The quantitative estimate of drug-likeness (QED) is 0.558.